The summed E-state index contributed by atoms with van der Waals surface area (Å²) in [4.78, 5) is 0. The minimum absolute atomic E-state index is 0.440. The van der Waals surface area contributed by atoms with Gasteiger partial charge in [-0.2, -0.15) is 0 Å². The molecule has 0 radical (unpaired) electrons. The number of nitrogens with one attached hydrogen (secondary N) is 1. The van der Waals surface area contributed by atoms with Gasteiger partial charge in [0.15, 0.2) is 0 Å². The fourth-order valence-electron chi connectivity index (χ4n) is 3.02. The summed E-state index contributed by atoms with van der Waals surface area (Å²) in [5.74, 6) is 1.48. The third kappa shape index (κ3) is 2.65. The summed E-state index contributed by atoms with van der Waals surface area (Å²) in [6, 6.07) is 6.83. The molecule has 0 aliphatic heterocycles. The highest BCUT2D eigenvalue weighted by atomic mass is 79.9. The van der Waals surface area contributed by atoms with E-state index < -0.39 is 0 Å². The average molecular weight is 310 g/mol. The largest absolute Gasteiger partial charge is 0.316 e. The minimum Gasteiger partial charge on any atom is -0.316 e. The van der Waals surface area contributed by atoms with Crippen LogP contribution < -0.4 is 5.32 Å². The summed E-state index contributed by atoms with van der Waals surface area (Å²) in [6.45, 7) is 11.4. The summed E-state index contributed by atoms with van der Waals surface area (Å²) in [5, 5.41) is 3.57. The molecule has 1 aliphatic carbocycles. The lowest BCUT2D eigenvalue weighted by molar-refractivity contribution is 0.518. The number of aryl methyl sites for hydroxylation is 1. The van der Waals surface area contributed by atoms with Crippen molar-refractivity contribution in [3.63, 3.8) is 0 Å². The molecule has 1 saturated carbocycles. The van der Waals surface area contributed by atoms with Crippen molar-refractivity contribution in [3.8, 4) is 0 Å². The first-order valence-corrected chi connectivity index (χ1v) is 7.74. The van der Waals surface area contributed by atoms with Crippen molar-refractivity contribution in [2.75, 3.05) is 13.1 Å². The minimum atomic E-state index is 0.440. The second-order valence-corrected chi connectivity index (χ2v) is 6.97. The second kappa shape index (κ2) is 5.34. The molecule has 18 heavy (non-hydrogen) atoms. The molecule has 100 valence electrons. The molecule has 0 bridgehead atoms. The highest BCUT2D eigenvalue weighted by Crippen LogP contribution is 2.64. The van der Waals surface area contributed by atoms with Crippen molar-refractivity contribution in [2.45, 2.75) is 40.0 Å². The summed E-state index contributed by atoms with van der Waals surface area (Å²) < 4.78 is 1.24. The molecule has 1 fully saturated rings. The Balaban J connectivity index is 2.07. The number of hydrogen-bond donors (Lipinski definition) is 1. The van der Waals surface area contributed by atoms with E-state index in [0.717, 1.165) is 19.0 Å². The van der Waals surface area contributed by atoms with Crippen molar-refractivity contribution in [2.24, 2.45) is 11.3 Å². The van der Waals surface area contributed by atoms with Crippen LogP contribution in [-0.2, 0) is 0 Å². The van der Waals surface area contributed by atoms with Gasteiger partial charge < -0.3 is 5.32 Å². The standard InChI is InChI=1S/C16H24BrN/c1-5-8-18-10-13-15(16(13,3)4)12-7-6-11(2)14(17)9-12/h6-7,9,13,15,18H,5,8,10H2,1-4H3. The molecule has 2 rings (SSSR count). The Kier molecular flexibility index (Phi) is 4.18. The molecule has 0 aromatic heterocycles. The molecular formula is C16H24BrN. The second-order valence-electron chi connectivity index (χ2n) is 6.12. The van der Waals surface area contributed by atoms with Gasteiger partial charge in [0, 0.05) is 4.47 Å². The molecule has 2 unspecified atom stereocenters. The van der Waals surface area contributed by atoms with Gasteiger partial charge in [0.05, 0.1) is 0 Å². The SMILES string of the molecule is CCCNCC1C(c2ccc(C)c(Br)c2)C1(C)C. The Morgan fingerprint density at radius 2 is 2.06 bits per heavy atom. The molecule has 0 spiro atoms. The van der Waals surface area contributed by atoms with Gasteiger partial charge in [0.2, 0.25) is 0 Å². The molecule has 1 aliphatic rings. The van der Waals surface area contributed by atoms with E-state index in [1.165, 1.54) is 22.0 Å². The molecule has 1 aromatic rings. The molecule has 0 saturated heterocycles. The van der Waals surface area contributed by atoms with Crippen LogP contribution in [0.4, 0.5) is 0 Å². The zero-order valence-electron chi connectivity index (χ0n) is 11.9. The van der Waals surface area contributed by atoms with Crippen LogP contribution in [0, 0.1) is 18.3 Å². The van der Waals surface area contributed by atoms with Crippen LogP contribution in [0.1, 0.15) is 44.2 Å². The van der Waals surface area contributed by atoms with Gasteiger partial charge in [-0.15, -0.1) is 0 Å². The van der Waals surface area contributed by atoms with Crippen molar-refractivity contribution in [3.05, 3.63) is 33.8 Å². The van der Waals surface area contributed by atoms with Crippen LogP contribution in [0.25, 0.3) is 0 Å². The van der Waals surface area contributed by atoms with E-state index in [1.807, 2.05) is 0 Å². The van der Waals surface area contributed by atoms with Crippen molar-refractivity contribution in [1.82, 2.24) is 5.32 Å². The topological polar surface area (TPSA) is 12.0 Å². The van der Waals surface area contributed by atoms with Crippen molar-refractivity contribution < 1.29 is 0 Å². The molecule has 0 heterocycles. The summed E-state index contributed by atoms with van der Waals surface area (Å²) >= 11 is 3.65. The molecule has 0 amide bonds. The fourth-order valence-corrected chi connectivity index (χ4v) is 3.42. The Morgan fingerprint density at radius 3 is 2.67 bits per heavy atom. The van der Waals surface area contributed by atoms with Crippen LogP contribution in [0.3, 0.4) is 0 Å². The first-order valence-electron chi connectivity index (χ1n) is 6.95. The Morgan fingerprint density at radius 1 is 1.33 bits per heavy atom. The quantitative estimate of drug-likeness (QED) is 0.790. The van der Waals surface area contributed by atoms with Crippen LogP contribution in [0.15, 0.2) is 22.7 Å². The lowest BCUT2D eigenvalue weighted by atomic mass is 10.0. The van der Waals surface area contributed by atoms with E-state index in [1.54, 1.807) is 0 Å². The van der Waals surface area contributed by atoms with Gasteiger partial charge in [-0.25, -0.2) is 0 Å². The van der Waals surface area contributed by atoms with E-state index >= 15 is 0 Å². The van der Waals surface area contributed by atoms with Gasteiger partial charge >= 0.3 is 0 Å². The van der Waals surface area contributed by atoms with Crippen LogP contribution >= 0.6 is 15.9 Å². The van der Waals surface area contributed by atoms with Gasteiger partial charge in [0.25, 0.3) is 0 Å². The lowest BCUT2D eigenvalue weighted by Crippen LogP contribution is -2.19. The average Bonchev–Trinajstić information content (AvgIpc) is 2.85. The third-order valence-electron chi connectivity index (χ3n) is 4.40. The maximum absolute atomic E-state index is 3.65. The number of rotatable bonds is 5. The van der Waals surface area contributed by atoms with Crippen LogP contribution in [0.2, 0.25) is 0 Å². The van der Waals surface area contributed by atoms with Crippen molar-refractivity contribution in [1.29, 1.82) is 0 Å². The van der Waals surface area contributed by atoms with Crippen LogP contribution in [-0.4, -0.2) is 13.1 Å². The van der Waals surface area contributed by atoms with Crippen molar-refractivity contribution >= 4 is 15.9 Å². The summed E-state index contributed by atoms with van der Waals surface area (Å²) in [6.07, 6.45) is 1.22. The third-order valence-corrected chi connectivity index (χ3v) is 5.25. The predicted molar refractivity (Wildman–Crippen MR) is 82.1 cm³/mol. The highest BCUT2D eigenvalue weighted by Gasteiger charge is 2.57. The molecule has 2 atom stereocenters. The normalized spacial score (nSPS) is 25.2. The zero-order valence-corrected chi connectivity index (χ0v) is 13.5. The van der Waals surface area contributed by atoms with E-state index in [0.29, 0.717) is 11.3 Å². The highest BCUT2D eigenvalue weighted by molar-refractivity contribution is 9.10. The molecule has 1 nitrogen and oxygen atoms in total. The maximum Gasteiger partial charge on any atom is 0.0207 e. The van der Waals surface area contributed by atoms with Gasteiger partial charge in [-0.05, 0) is 60.9 Å². The van der Waals surface area contributed by atoms with Gasteiger partial charge in [-0.1, -0.05) is 48.8 Å². The maximum atomic E-state index is 3.65. The first-order chi connectivity index (χ1) is 8.48. The summed E-state index contributed by atoms with van der Waals surface area (Å²) in [5.41, 5.74) is 3.24. The smallest absolute Gasteiger partial charge is 0.0207 e. The first kappa shape index (κ1) is 14.1. The number of hydrogen-bond acceptors (Lipinski definition) is 1. The number of halogens is 1. The monoisotopic (exact) mass is 309 g/mol. The molecular weight excluding hydrogens is 286 g/mol. The van der Waals surface area contributed by atoms with Gasteiger partial charge in [0.1, 0.15) is 0 Å². The zero-order chi connectivity index (χ0) is 13.3. The molecule has 2 heteroatoms. The van der Waals surface area contributed by atoms with E-state index in [9.17, 15) is 0 Å². The van der Waals surface area contributed by atoms with E-state index in [2.05, 4.69) is 67.1 Å². The Labute approximate surface area is 119 Å². The predicted octanol–water partition coefficient (Wildman–Crippen LogP) is 4.50. The molecule has 1 N–H and O–H groups in total. The number of benzene rings is 1. The van der Waals surface area contributed by atoms with Crippen LogP contribution in [0.5, 0.6) is 0 Å². The Hall–Kier alpha value is -0.340. The lowest BCUT2D eigenvalue weighted by Gasteiger charge is -2.05. The Bertz CT molecular complexity index is 425. The van der Waals surface area contributed by atoms with E-state index in [4.69, 9.17) is 0 Å². The van der Waals surface area contributed by atoms with E-state index in [-0.39, 0.29) is 0 Å². The van der Waals surface area contributed by atoms with Gasteiger partial charge in [-0.3, -0.25) is 0 Å². The molecule has 1 aromatic carbocycles. The summed E-state index contributed by atoms with van der Waals surface area (Å²) in [7, 11) is 0. The fraction of sp³-hybridized carbons (Fsp3) is 0.625.